The minimum Gasteiger partial charge on any atom is -0.315 e. The SMILES string of the molecule is N#CN=C1C(=C=NN)C(=C=NN)C1=C=NN. The third kappa shape index (κ3) is 1.73. The second-order valence-electron chi connectivity index (χ2n) is 2.41. The van der Waals surface area contributed by atoms with Gasteiger partial charge in [-0.25, -0.2) is 0 Å². The Morgan fingerprint density at radius 3 is 1.62 bits per heavy atom. The van der Waals surface area contributed by atoms with Gasteiger partial charge in [-0.2, -0.15) is 10.3 Å². The number of rotatable bonds is 0. The minimum atomic E-state index is 0.261. The van der Waals surface area contributed by atoms with Crippen molar-refractivity contribution in [2.75, 3.05) is 0 Å². The fourth-order valence-corrected chi connectivity index (χ4v) is 1.11. The number of aliphatic imine (C=N–C) groups is 1. The average Bonchev–Trinajstić information content (AvgIpc) is 2.30. The average molecular weight is 214 g/mol. The molecule has 78 valence electrons. The lowest BCUT2D eigenvalue weighted by Gasteiger charge is -2.19. The highest BCUT2D eigenvalue weighted by Gasteiger charge is 2.34. The topological polar surface area (TPSA) is 151 Å². The zero-order valence-electron chi connectivity index (χ0n) is 7.97. The first-order valence-corrected chi connectivity index (χ1v) is 3.87. The molecule has 8 heteroatoms. The van der Waals surface area contributed by atoms with Crippen molar-refractivity contribution < 1.29 is 0 Å². The van der Waals surface area contributed by atoms with E-state index in [2.05, 4.69) is 37.9 Å². The van der Waals surface area contributed by atoms with Crippen LogP contribution < -0.4 is 17.5 Å². The lowest BCUT2D eigenvalue weighted by atomic mass is 9.80. The van der Waals surface area contributed by atoms with Crippen LogP contribution in [0.3, 0.4) is 0 Å². The van der Waals surface area contributed by atoms with E-state index < -0.39 is 0 Å². The van der Waals surface area contributed by atoms with Crippen LogP contribution >= 0.6 is 0 Å². The first-order chi connectivity index (χ1) is 7.79. The molecule has 0 aromatic rings. The van der Waals surface area contributed by atoms with Crippen molar-refractivity contribution >= 4 is 23.3 Å². The number of nitriles is 1. The Bertz CT molecular complexity index is 532. The molecule has 1 saturated carbocycles. The number of nitrogens with two attached hydrogens (primary N) is 3. The Kier molecular flexibility index (Phi) is 3.40. The van der Waals surface area contributed by atoms with Crippen LogP contribution in [0.1, 0.15) is 0 Å². The van der Waals surface area contributed by atoms with Gasteiger partial charge in [0.15, 0.2) is 0 Å². The van der Waals surface area contributed by atoms with E-state index in [1.807, 2.05) is 0 Å². The van der Waals surface area contributed by atoms with Crippen molar-refractivity contribution in [3.63, 3.8) is 0 Å². The molecule has 0 unspecified atom stereocenters. The fourth-order valence-electron chi connectivity index (χ4n) is 1.11. The van der Waals surface area contributed by atoms with Gasteiger partial charge in [-0.05, 0) is 0 Å². The van der Waals surface area contributed by atoms with E-state index in [1.165, 1.54) is 0 Å². The molecule has 0 bridgehead atoms. The van der Waals surface area contributed by atoms with Gasteiger partial charge in [-0.3, -0.25) is 0 Å². The number of hydrazone groups is 3. The molecule has 6 N–H and O–H groups in total. The summed E-state index contributed by atoms with van der Waals surface area (Å²) in [5.74, 6) is 22.1. The summed E-state index contributed by atoms with van der Waals surface area (Å²) in [6, 6.07) is 0. The molecule has 1 rings (SSSR count). The predicted molar refractivity (Wildman–Crippen MR) is 58.5 cm³/mol. The van der Waals surface area contributed by atoms with E-state index in [1.54, 1.807) is 6.19 Å². The molecule has 0 aliphatic heterocycles. The molecule has 1 aliphatic carbocycles. The molecule has 0 atom stereocenters. The number of allylic oxidation sites excluding steroid dienone is 3. The van der Waals surface area contributed by atoms with Crippen LogP contribution in [0.5, 0.6) is 0 Å². The van der Waals surface area contributed by atoms with E-state index in [9.17, 15) is 0 Å². The van der Waals surface area contributed by atoms with Crippen LogP contribution in [-0.4, -0.2) is 23.3 Å². The van der Waals surface area contributed by atoms with Gasteiger partial charge in [-0.15, -0.1) is 15.3 Å². The lowest BCUT2D eigenvalue weighted by Crippen LogP contribution is -2.25. The summed E-state index contributed by atoms with van der Waals surface area (Å²) < 4.78 is 0. The molecular formula is C8H6N8. The van der Waals surface area contributed by atoms with Crippen molar-refractivity contribution in [1.82, 2.24) is 0 Å². The quantitative estimate of drug-likeness (QED) is 0.191. The van der Waals surface area contributed by atoms with E-state index >= 15 is 0 Å². The van der Waals surface area contributed by atoms with Gasteiger partial charge in [0, 0.05) is 17.6 Å². The van der Waals surface area contributed by atoms with E-state index in [0.29, 0.717) is 16.7 Å². The number of hydrogen-bond donors (Lipinski definition) is 3. The highest BCUT2D eigenvalue weighted by molar-refractivity contribution is 6.38. The second-order valence-corrected chi connectivity index (χ2v) is 2.41. The Hall–Kier alpha value is -3.09. The van der Waals surface area contributed by atoms with Gasteiger partial charge in [0.2, 0.25) is 6.19 Å². The maximum absolute atomic E-state index is 8.47. The molecule has 0 amide bonds. The highest BCUT2D eigenvalue weighted by atomic mass is 15.1. The number of nitrogens with zero attached hydrogens (tertiary/aromatic N) is 5. The Balaban J connectivity index is 3.52. The summed E-state index contributed by atoms with van der Waals surface area (Å²) >= 11 is 0. The third-order valence-corrected chi connectivity index (χ3v) is 1.66. The molecule has 0 aromatic carbocycles. The van der Waals surface area contributed by atoms with E-state index in [-0.39, 0.29) is 5.71 Å². The fraction of sp³-hybridized carbons (Fsp3) is 0. The molecule has 0 radical (unpaired) electrons. The smallest absolute Gasteiger partial charge is 0.206 e. The monoisotopic (exact) mass is 214 g/mol. The van der Waals surface area contributed by atoms with Crippen LogP contribution in [0, 0.1) is 11.5 Å². The van der Waals surface area contributed by atoms with Crippen molar-refractivity contribution in [2.24, 2.45) is 37.8 Å². The largest absolute Gasteiger partial charge is 0.315 e. The lowest BCUT2D eigenvalue weighted by molar-refractivity contribution is 1.25. The first kappa shape index (κ1) is 11.0. The molecule has 8 nitrogen and oxygen atoms in total. The molecule has 1 fully saturated rings. The second kappa shape index (κ2) is 4.96. The molecule has 16 heavy (non-hydrogen) atoms. The maximum Gasteiger partial charge on any atom is 0.206 e. The minimum absolute atomic E-state index is 0.261. The van der Waals surface area contributed by atoms with Crippen molar-refractivity contribution in [2.45, 2.75) is 0 Å². The van der Waals surface area contributed by atoms with Crippen LogP contribution in [0.25, 0.3) is 0 Å². The van der Waals surface area contributed by atoms with Gasteiger partial charge >= 0.3 is 0 Å². The molecule has 1 aliphatic rings. The van der Waals surface area contributed by atoms with Gasteiger partial charge in [0.1, 0.15) is 5.71 Å². The van der Waals surface area contributed by atoms with Crippen LogP contribution in [0.4, 0.5) is 0 Å². The Morgan fingerprint density at radius 1 is 0.812 bits per heavy atom. The van der Waals surface area contributed by atoms with Crippen molar-refractivity contribution in [3.05, 3.63) is 16.7 Å². The van der Waals surface area contributed by atoms with Crippen molar-refractivity contribution in [1.29, 1.82) is 5.26 Å². The molecule has 0 heterocycles. The summed E-state index contributed by atoms with van der Waals surface area (Å²) in [6.45, 7) is 0. The summed E-state index contributed by atoms with van der Waals surface area (Å²) in [6.07, 6.45) is 1.61. The summed E-state index contributed by atoms with van der Waals surface area (Å²) in [5.41, 5.74) is 1.35. The van der Waals surface area contributed by atoms with Gasteiger partial charge < -0.3 is 17.5 Å². The molecule has 0 spiro atoms. The summed E-state index contributed by atoms with van der Waals surface area (Å²) in [7, 11) is 0. The Morgan fingerprint density at radius 2 is 1.25 bits per heavy atom. The molecule has 0 saturated heterocycles. The summed E-state index contributed by atoms with van der Waals surface area (Å²) in [5, 5.41) is 18.1. The van der Waals surface area contributed by atoms with Crippen molar-refractivity contribution in [3.8, 4) is 6.19 Å². The van der Waals surface area contributed by atoms with E-state index in [4.69, 9.17) is 22.8 Å². The standard InChI is InChI=1S/C8H6N8/c9-4-13-8-6(2-15-11)5(1-14-10)7(8)3-16-12/h10-12H2. The van der Waals surface area contributed by atoms with Crippen LogP contribution in [0.15, 0.2) is 37.0 Å². The normalized spacial score (nSPS) is 12.4. The zero-order valence-corrected chi connectivity index (χ0v) is 7.97. The van der Waals surface area contributed by atoms with Gasteiger partial charge in [-0.1, -0.05) is 0 Å². The number of hydrogen-bond acceptors (Lipinski definition) is 8. The van der Waals surface area contributed by atoms with Crippen LogP contribution in [0.2, 0.25) is 0 Å². The summed E-state index contributed by atoms with van der Waals surface area (Å²) in [4.78, 5) is 3.51. The highest BCUT2D eigenvalue weighted by Crippen LogP contribution is 2.30. The maximum atomic E-state index is 8.47. The van der Waals surface area contributed by atoms with Crippen LogP contribution in [-0.2, 0) is 0 Å². The predicted octanol–water partition coefficient (Wildman–Crippen LogP) is -1.67. The molecular weight excluding hydrogens is 208 g/mol. The Labute approximate surface area is 90.1 Å². The first-order valence-electron chi connectivity index (χ1n) is 3.87. The molecule has 0 aromatic heterocycles. The third-order valence-electron chi connectivity index (χ3n) is 1.66. The van der Waals surface area contributed by atoms with Gasteiger partial charge in [0.25, 0.3) is 0 Å². The zero-order chi connectivity index (χ0) is 12.0. The van der Waals surface area contributed by atoms with Gasteiger partial charge in [0.05, 0.1) is 16.7 Å². The van der Waals surface area contributed by atoms with E-state index in [0.717, 1.165) is 0 Å².